The lowest BCUT2D eigenvalue weighted by atomic mass is 10.1. The summed E-state index contributed by atoms with van der Waals surface area (Å²) in [6.07, 6.45) is 4.42. The van der Waals surface area contributed by atoms with Crippen molar-refractivity contribution in [2.24, 2.45) is 0 Å². The second-order valence-corrected chi connectivity index (χ2v) is 7.49. The molecular weight excluding hydrogens is 372 g/mol. The molecule has 0 unspecified atom stereocenters. The van der Waals surface area contributed by atoms with E-state index in [0.717, 1.165) is 37.4 Å². The Labute approximate surface area is 159 Å². The third kappa shape index (κ3) is 3.41. The minimum atomic E-state index is -0.662. The number of imidazole rings is 1. The number of hydrogen-bond acceptors (Lipinski definition) is 5. The SMILES string of the molecule is COC(=O)Cc1csc2nc(-c3ccc(F)cc3F)c(NC3CCCC3)n12. The number of nitrogens with zero attached hydrogens (tertiary/aromatic N) is 2. The van der Waals surface area contributed by atoms with Gasteiger partial charge in [0, 0.05) is 28.7 Å². The largest absolute Gasteiger partial charge is 0.469 e. The van der Waals surface area contributed by atoms with Gasteiger partial charge >= 0.3 is 5.97 Å². The van der Waals surface area contributed by atoms with Crippen LogP contribution >= 0.6 is 11.3 Å². The van der Waals surface area contributed by atoms with Gasteiger partial charge in [0.1, 0.15) is 23.1 Å². The Balaban J connectivity index is 1.85. The van der Waals surface area contributed by atoms with Gasteiger partial charge in [0.25, 0.3) is 0 Å². The van der Waals surface area contributed by atoms with Crippen molar-refractivity contribution >= 4 is 28.1 Å². The van der Waals surface area contributed by atoms with Crippen molar-refractivity contribution in [1.29, 1.82) is 0 Å². The summed E-state index contributed by atoms with van der Waals surface area (Å²) in [5.74, 6) is -1.01. The number of rotatable bonds is 5. The van der Waals surface area contributed by atoms with Crippen LogP contribution < -0.4 is 5.32 Å². The molecule has 3 aromatic rings. The average Bonchev–Trinajstić information content (AvgIpc) is 3.35. The van der Waals surface area contributed by atoms with Gasteiger partial charge in [-0.3, -0.25) is 9.20 Å². The van der Waals surface area contributed by atoms with Gasteiger partial charge in [0.2, 0.25) is 0 Å². The molecule has 0 amide bonds. The molecule has 0 spiro atoms. The van der Waals surface area contributed by atoms with E-state index in [1.54, 1.807) is 0 Å². The molecule has 142 valence electrons. The Hall–Kier alpha value is -2.48. The van der Waals surface area contributed by atoms with Crippen LogP contribution in [0.4, 0.5) is 14.6 Å². The van der Waals surface area contributed by atoms with Crippen molar-refractivity contribution in [2.75, 3.05) is 12.4 Å². The first-order valence-corrected chi connectivity index (χ1v) is 9.72. The standard InChI is InChI=1S/C19H19F2N3O2S/c1-26-16(25)9-13-10-27-19-23-17(14-7-6-11(20)8-15(14)21)18(24(13)19)22-12-4-2-3-5-12/h6-8,10,12,22H,2-5,9H2,1H3. The first-order valence-electron chi connectivity index (χ1n) is 8.84. The van der Waals surface area contributed by atoms with Crippen LogP contribution in [0, 0.1) is 11.6 Å². The number of benzene rings is 1. The highest BCUT2D eigenvalue weighted by atomic mass is 32.1. The summed E-state index contributed by atoms with van der Waals surface area (Å²) in [7, 11) is 1.34. The summed E-state index contributed by atoms with van der Waals surface area (Å²) in [5, 5.41) is 5.34. The Kier molecular flexibility index (Phi) is 4.82. The topological polar surface area (TPSA) is 55.6 Å². The number of esters is 1. The average molecular weight is 391 g/mol. The Morgan fingerprint density at radius 2 is 2.15 bits per heavy atom. The fourth-order valence-corrected chi connectivity index (χ4v) is 4.41. The van der Waals surface area contributed by atoms with E-state index in [-0.39, 0.29) is 24.0 Å². The van der Waals surface area contributed by atoms with Gasteiger partial charge in [-0.05, 0) is 25.0 Å². The lowest BCUT2D eigenvalue weighted by Crippen LogP contribution is -2.17. The molecule has 1 fully saturated rings. The molecule has 8 heteroatoms. The summed E-state index contributed by atoms with van der Waals surface area (Å²) >= 11 is 1.37. The molecule has 0 saturated heterocycles. The van der Waals surface area contributed by atoms with Gasteiger partial charge in [-0.2, -0.15) is 0 Å². The Morgan fingerprint density at radius 1 is 1.37 bits per heavy atom. The molecular formula is C19H19F2N3O2S. The van der Waals surface area contributed by atoms with Crippen LogP contribution in [-0.4, -0.2) is 28.5 Å². The predicted molar refractivity (Wildman–Crippen MR) is 100 cm³/mol. The smallest absolute Gasteiger partial charge is 0.311 e. The molecule has 1 aliphatic carbocycles. The van der Waals surface area contributed by atoms with E-state index in [0.29, 0.717) is 16.5 Å². The quantitative estimate of drug-likeness (QED) is 0.655. The third-order valence-corrected chi connectivity index (χ3v) is 5.74. The monoisotopic (exact) mass is 391 g/mol. The van der Waals surface area contributed by atoms with Crippen molar-refractivity contribution in [3.63, 3.8) is 0 Å². The van der Waals surface area contributed by atoms with E-state index >= 15 is 0 Å². The predicted octanol–water partition coefficient (Wildman–Crippen LogP) is 4.41. The number of halogens is 2. The number of carbonyl (C=O) groups is 1. The molecule has 0 radical (unpaired) electrons. The van der Waals surface area contributed by atoms with E-state index in [4.69, 9.17) is 4.74 Å². The second kappa shape index (κ2) is 7.26. The zero-order chi connectivity index (χ0) is 19.0. The van der Waals surface area contributed by atoms with E-state index < -0.39 is 11.6 Å². The fourth-order valence-electron chi connectivity index (χ4n) is 3.53. The fraction of sp³-hybridized carbons (Fsp3) is 0.368. The van der Waals surface area contributed by atoms with E-state index in [1.807, 2.05) is 9.78 Å². The molecule has 0 bridgehead atoms. The first-order chi connectivity index (χ1) is 13.1. The van der Waals surface area contributed by atoms with Crippen molar-refractivity contribution in [2.45, 2.75) is 38.1 Å². The van der Waals surface area contributed by atoms with Crippen LogP contribution in [-0.2, 0) is 16.0 Å². The van der Waals surface area contributed by atoms with Crippen molar-refractivity contribution in [3.8, 4) is 11.3 Å². The van der Waals surface area contributed by atoms with Gasteiger partial charge in [0.15, 0.2) is 4.96 Å². The Bertz CT molecular complexity index is 992. The van der Waals surface area contributed by atoms with E-state index in [1.165, 1.54) is 30.6 Å². The van der Waals surface area contributed by atoms with Crippen molar-refractivity contribution in [3.05, 3.63) is 40.9 Å². The molecule has 4 rings (SSSR count). The number of fused-ring (bicyclic) bond motifs is 1. The highest BCUT2D eigenvalue weighted by Crippen LogP contribution is 2.36. The van der Waals surface area contributed by atoms with Crippen molar-refractivity contribution < 1.29 is 18.3 Å². The van der Waals surface area contributed by atoms with Gasteiger partial charge in [-0.15, -0.1) is 11.3 Å². The van der Waals surface area contributed by atoms with Crippen LogP contribution in [0.2, 0.25) is 0 Å². The maximum Gasteiger partial charge on any atom is 0.311 e. The number of methoxy groups -OCH3 is 1. The second-order valence-electron chi connectivity index (χ2n) is 6.66. The maximum atomic E-state index is 14.4. The number of aromatic nitrogens is 2. The summed E-state index contributed by atoms with van der Waals surface area (Å²) in [5.41, 5.74) is 1.39. The zero-order valence-electron chi connectivity index (χ0n) is 14.8. The van der Waals surface area contributed by atoms with E-state index in [2.05, 4.69) is 10.3 Å². The highest BCUT2D eigenvalue weighted by Gasteiger charge is 2.25. The number of nitrogens with one attached hydrogen (secondary N) is 1. The number of thiazole rings is 1. The number of carbonyl (C=O) groups excluding carboxylic acids is 1. The summed E-state index contributed by atoms with van der Waals surface area (Å²) in [6.45, 7) is 0. The number of anilines is 1. The molecule has 1 aliphatic rings. The zero-order valence-corrected chi connectivity index (χ0v) is 15.6. The van der Waals surface area contributed by atoms with Gasteiger partial charge < -0.3 is 10.1 Å². The summed E-state index contributed by atoms with van der Waals surface area (Å²) < 4.78 is 34.4. The molecule has 27 heavy (non-hydrogen) atoms. The maximum absolute atomic E-state index is 14.4. The van der Waals surface area contributed by atoms with Crippen LogP contribution in [0.1, 0.15) is 31.4 Å². The van der Waals surface area contributed by atoms with Crippen LogP contribution in [0.5, 0.6) is 0 Å². The van der Waals surface area contributed by atoms with Gasteiger partial charge in [-0.25, -0.2) is 13.8 Å². The lowest BCUT2D eigenvalue weighted by molar-refractivity contribution is -0.139. The minimum Gasteiger partial charge on any atom is -0.469 e. The molecule has 1 saturated carbocycles. The lowest BCUT2D eigenvalue weighted by Gasteiger charge is -2.15. The van der Waals surface area contributed by atoms with Crippen LogP contribution in [0.25, 0.3) is 16.2 Å². The Morgan fingerprint density at radius 3 is 2.85 bits per heavy atom. The molecule has 0 atom stereocenters. The normalized spacial score (nSPS) is 14.8. The molecule has 1 N–H and O–H groups in total. The van der Waals surface area contributed by atoms with Crippen LogP contribution in [0.15, 0.2) is 23.6 Å². The van der Waals surface area contributed by atoms with Gasteiger partial charge in [0.05, 0.1) is 13.5 Å². The molecule has 5 nitrogen and oxygen atoms in total. The van der Waals surface area contributed by atoms with E-state index in [9.17, 15) is 13.6 Å². The number of hydrogen-bond donors (Lipinski definition) is 1. The van der Waals surface area contributed by atoms with Crippen LogP contribution in [0.3, 0.4) is 0 Å². The molecule has 2 aromatic heterocycles. The van der Waals surface area contributed by atoms with Crippen molar-refractivity contribution in [1.82, 2.24) is 9.38 Å². The first kappa shape index (κ1) is 17.9. The third-order valence-electron chi connectivity index (χ3n) is 4.87. The molecule has 1 aromatic carbocycles. The minimum absolute atomic E-state index is 0.0948. The summed E-state index contributed by atoms with van der Waals surface area (Å²) in [4.78, 5) is 17.0. The molecule has 2 heterocycles. The highest BCUT2D eigenvalue weighted by molar-refractivity contribution is 7.15. The summed E-state index contributed by atoms with van der Waals surface area (Å²) in [6, 6.07) is 3.74. The molecule has 0 aliphatic heterocycles. The number of ether oxygens (including phenoxy) is 1. The van der Waals surface area contributed by atoms with Gasteiger partial charge in [-0.1, -0.05) is 12.8 Å².